The number of carbonyl (C=O) groups is 1. The first-order valence-electron chi connectivity index (χ1n) is 7.58. The fourth-order valence-corrected chi connectivity index (χ4v) is 2.29. The highest BCUT2D eigenvalue weighted by Gasteiger charge is 2.20. The van der Waals surface area contributed by atoms with E-state index in [-0.39, 0.29) is 17.4 Å². The van der Waals surface area contributed by atoms with Crippen LogP contribution in [0.2, 0.25) is 0 Å². The van der Waals surface area contributed by atoms with Gasteiger partial charge in [0.2, 0.25) is 5.89 Å². The van der Waals surface area contributed by atoms with Gasteiger partial charge >= 0.3 is 0 Å². The van der Waals surface area contributed by atoms with Crippen molar-refractivity contribution in [3.63, 3.8) is 0 Å². The zero-order chi connectivity index (χ0) is 17.4. The molecule has 0 unspecified atom stereocenters. The number of aromatic nitrogens is 5. The normalized spacial score (nSPS) is 12.7. The molecule has 0 bridgehead atoms. The molecule has 3 heterocycles. The van der Waals surface area contributed by atoms with Crippen LogP contribution in [0.15, 0.2) is 21.6 Å². The molecule has 3 rings (SSSR count). The fraction of sp³-hybridized carbons (Fsp3) is 0.400. The Morgan fingerprint density at radius 1 is 1.38 bits per heavy atom. The summed E-state index contributed by atoms with van der Waals surface area (Å²) >= 11 is 0. The molecule has 0 aliphatic rings. The van der Waals surface area contributed by atoms with Gasteiger partial charge in [0.25, 0.3) is 11.5 Å². The summed E-state index contributed by atoms with van der Waals surface area (Å²) in [4.78, 5) is 32.3. The predicted octanol–water partition coefficient (Wildman–Crippen LogP) is 1.33. The van der Waals surface area contributed by atoms with Gasteiger partial charge in [-0.15, -0.1) is 0 Å². The highest BCUT2D eigenvalue weighted by molar-refractivity contribution is 5.95. The molecule has 0 radical (unpaired) electrons. The van der Waals surface area contributed by atoms with Crippen LogP contribution in [0, 0.1) is 6.92 Å². The van der Waals surface area contributed by atoms with Crippen molar-refractivity contribution in [1.29, 1.82) is 0 Å². The quantitative estimate of drug-likeness (QED) is 0.745. The Balaban J connectivity index is 1.83. The lowest BCUT2D eigenvalue weighted by Gasteiger charge is -2.12. The second-order valence-corrected chi connectivity index (χ2v) is 5.91. The number of hydrogen-bond acceptors (Lipinski definition) is 6. The minimum Gasteiger partial charge on any atom is -0.340 e. The lowest BCUT2D eigenvalue weighted by atomic mass is 10.2. The lowest BCUT2D eigenvalue weighted by molar-refractivity contribution is 0.0931. The van der Waals surface area contributed by atoms with E-state index in [0.29, 0.717) is 28.6 Å². The molecule has 0 aromatic carbocycles. The second-order valence-electron chi connectivity index (χ2n) is 5.91. The number of aryl methyl sites for hydroxylation is 1. The Bertz CT molecular complexity index is 952. The molecule has 0 aliphatic heterocycles. The molecule has 24 heavy (non-hydrogen) atoms. The monoisotopic (exact) mass is 330 g/mol. The van der Waals surface area contributed by atoms with Crippen molar-refractivity contribution in [2.75, 3.05) is 0 Å². The van der Waals surface area contributed by atoms with Gasteiger partial charge in [-0.05, 0) is 13.8 Å². The highest BCUT2D eigenvalue weighted by atomic mass is 16.5. The maximum absolute atomic E-state index is 12.5. The molecule has 126 valence electrons. The van der Waals surface area contributed by atoms with E-state index in [0.717, 1.165) is 0 Å². The minimum atomic E-state index is -0.448. The summed E-state index contributed by atoms with van der Waals surface area (Å²) in [6.45, 7) is 7.40. The SMILES string of the molecule is Cc1c(C(=O)N[C@H](C)c2nc(C(C)C)no2)cnc2cc(=O)[nH]n12. The molecule has 0 spiro atoms. The molecular formula is C15H18N6O3. The molecule has 9 heteroatoms. The minimum absolute atomic E-state index is 0.143. The highest BCUT2D eigenvalue weighted by Crippen LogP contribution is 2.16. The average Bonchev–Trinajstić information content (AvgIpc) is 3.13. The maximum Gasteiger partial charge on any atom is 0.266 e. The molecule has 2 N–H and O–H groups in total. The van der Waals surface area contributed by atoms with Crippen molar-refractivity contribution in [1.82, 2.24) is 30.1 Å². The topological polar surface area (TPSA) is 118 Å². The van der Waals surface area contributed by atoms with Gasteiger partial charge < -0.3 is 9.84 Å². The van der Waals surface area contributed by atoms with Crippen molar-refractivity contribution in [3.8, 4) is 0 Å². The first-order chi connectivity index (χ1) is 11.4. The molecule has 0 saturated carbocycles. The Morgan fingerprint density at radius 3 is 2.79 bits per heavy atom. The number of aromatic amines is 1. The van der Waals surface area contributed by atoms with E-state index in [2.05, 4.69) is 25.5 Å². The van der Waals surface area contributed by atoms with Gasteiger partial charge in [-0.25, -0.2) is 9.50 Å². The molecule has 0 aliphatic carbocycles. The van der Waals surface area contributed by atoms with Gasteiger partial charge in [0.05, 0.1) is 11.3 Å². The zero-order valence-corrected chi connectivity index (χ0v) is 13.8. The van der Waals surface area contributed by atoms with Crippen LogP contribution in [-0.4, -0.2) is 30.6 Å². The van der Waals surface area contributed by atoms with Crippen LogP contribution in [0.3, 0.4) is 0 Å². The van der Waals surface area contributed by atoms with E-state index in [1.165, 1.54) is 16.8 Å². The summed E-state index contributed by atoms with van der Waals surface area (Å²) in [5, 5.41) is 9.28. The first kappa shape index (κ1) is 15.9. The molecular weight excluding hydrogens is 312 g/mol. The van der Waals surface area contributed by atoms with Crippen LogP contribution in [0.5, 0.6) is 0 Å². The maximum atomic E-state index is 12.5. The van der Waals surface area contributed by atoms with Crippen molar-refractivity contribution in [2.24, 2.45) is 0 Å². The number of hydrogen-bond donors (Lipinski definition) is 2. The Hall–Kier alpha value is -2.97. The Kier molecular flexibility index (Phi) is 3.92. The third kappa shape index (κ3) is 2.80. The van der Waals surface area contributed by atoms with E-state index in [1.54, 1.807) is 13.8 Å². The molecule has 0 fully saturated rings. The molecule has 0 saturated heterocycles. The number of amides is 1. The van der Waals surface area contributed by atoms with E-state index >= 15 is 0 Å². The number of rotatable bonds is 4. The summed E-state index contributed by atoms with van der Waals surface area (Å²) in [5.41, 5.74) is 1.12. The van der Waals surface area contributed by atoms with Crippen LogP contribution in [-0.2, 0) is 0 Å². The third-order valence-corrected chi connectivity index (χ3v) is 3.70. The largest absolute Gasteiger partial charge is 0.340 e. The summed E-state index contributed by atoms with van der Waals surface area (Å²) in [7, 11) is 0. The van der Waals surface area contributed by atoms with Gasteiger partial charge in [-0.2, -0.15) is 4.98 Å². The lowest BCUT2D eigenvalue weighted by Crippen LogP contribution is -2.28. The molecule has 3 aromatic heterocycles. The predicted molar refractivity (Wildman–Crippen MR) is 84.8 cm³/mol. The zero-order valence-electron chi connectivity index (χ0n) is 13.8. The number of nitrogens with zero attached hydrogens (tertiary/aromatic N) is 4. The summed E-state index contributed by atoms with van der Waals surface area (Å²) in [6.07, 6.45) is 1.44. The van der Waals surface area contributed by atoms with Crippen molar-refractivity contribution in [2.45, 2.75) is 39.7 Å². The Morgan fingerprint density at radius 2 is 2.12 bits per heavy atom. The fourth-order valence-electron chi connectivity index (χ4n) is 2.29. The van der Waals surface area contributed by atoms with Crippen molar-refractivity contribution >= 4 is 11.6 Å². The van der Waals surface area contributed by atoms with Crippen molar-refractivity contribution < 1.29 is 9.32 Å². The Labute approximate surface area is 137 Å². The molecule has 3 aromatic rings. The number of carbonyl (C=O) groups excluding carboxylic acids is 1. The van der Waals surface area contributed by atoms with E-state index in [9.17, 15) is 9.59 Å². The van der Waals surface area contributed by atoms with Crippen LogP contribution in [0.4, 0.5) is 0 Å². The number of fused-ring (bicyclic) bond motifs is 1. The average molecular weight is 330 g/mol. The molecule has 1 atom stereocenters. The third-order valence-electron chi connectivity index (χ3n) is 3.70. The number of H-pyrrole nitrogens is 1. The van der Waals surface area contributed by atoms with Crippen LogP contribution in [0.1, 0.15) is 60.5 Å². The van der Waals surface area contributed by atoms with Gasteiger partial charge in [0.15, 0.2) is 11.5 Å². The van der Waals surface area contributed by atoms with Gasteiger partial charge in [-0.1, -0.05) is 19.0 Å². The number of nitrogens with one attached hydrogen (secondary N) is 2. The van der Waals surface area contributed by atoms with Crippen LogP contribution >= 0.6 is 0 Å². The van der Waals surface area contributed by atoms with Crippen LogP contribution < -0.4 is 10.9 Å². The van der Waals surface area contributed by atoms with Crippen LogP contribution in [0.25, 0.3) is 5.65 Å². The van der Waals surface area contributed by atoms with Gasteiger partial charge in [0.1, 0.15) is 6.04 Å². The van der Waals surface area contributed by atoms with E-state index in [1.807, 2.05) is 13.8 Å². The summed E-state index contributed by atoms with van der Waals surface area (Å²) < 4.78 is 6.66. The molecule has 1 amide bonds. The smallest absolute Gasteiger partial charge is 0.266 e. The summed E-state index contributed by atoms with van der Waals surface area (Å²) in [5.74, 6) is 0.737. The van der Waals surface area contributed by atoms with Crippen molar-refractivity contribution in [3.05, 3.63) is 45.6 Å². The standard InChI is InChI=1S/C15H18N6O3/c1-7(2)13-18-15(24-20-13)8(3)17-14(23)10-6-16-11-5-12(22)19-21(11)9(10)4/h5-8H,1-4H3,(H,17,23)(H,19,22)/t8-/m1/s1. The van der Waals surface area contributed by atoms with E-state index < -0.39 is 6.04 Å². The molecule has 9 nitrogen and oxygen atoms in total. The van der Waals surface area contributed by atoms with Gasteiger partial charge in [-0.3, -0.25) is 14.7 Å². The first-order valence-corrected chi connectivity index (χ1v) is 7.58. The second kappa shape index (κ2) is 5.91. The van der Waals surface area contributed by atoms with Gasteiger partial charge in [0, 0.05) is 18.2 Å². The summed E-state index contributed by atoms with van der Waals surface area (Å²) in [6, 6.07) is 0.916. The van der Waals surface area contributed by atoms with E-state index in [4.69, 9.17) is 4.52 Å².